The zero-order valence-electron chi connectivity index (χ0n) is 10.3. The molecule has 0 amide bonds. The second-order valence-electron chi connectivity index (χ2n) is 5.07. The van der Waals surface area contributed by atoms with E-state index in [2.05, 4.69) is 4.90 Å². The minimum atomic E-state index is -0.853. The van der Waals surface area contributed by atoms with E-state index in [0.29, 0.717) is 11.5 Å². The first-order valence-electron chi connectivity index (χ1n) is 6.43. The molecule has 18 heavy (non-hydrogen) atoms. The number of benzene rings is 1. The Labute approximate surface area is 106 Å². The summed E-state index contributed by atoms with van der Waals surface area (Å²) in [6.07, 6.45) is 2.13. The van der Waals surface area contributed by atoms with Crippen LogP contribution < -0.4 is 4.90 Å². The lowest BCUT2D eigenvalue weighted by molar-refractivity contribution is 0.0697. The molecule has 3 rings (SSSR count). The third-order valence-corrected chi connectivity index (χ3v) is 3.83. The van der Waals surface area contributed by atoms with Gasteiger partial charge in [-0.05, 0) is 30.5 Å². The molecule has 2 heterocycles. The van der Waals surface area contributed by atoms with Crippen molar-refractivity contribution in [2.75, 3.05) is 31.2 Å². The number of hydrogen-bond donors (Lipinski definition) is 1. The Balaban J connectivity index is 1.80. The fourth-order valence-corrected chi connectivity index (χ4v) is 2.81. The van der Waals surface area contributed by atoms with Crippen molar-refractivity contribution in [1.29, 1.82) is 0 Å². The highest BCUT2D eigenvalue weighted by atomic mass is 16.5. The maximum absolute atomic E-state index is 11.0. The van der Waals surface area contributed by atoms with Gasteiger partial charge in [0.2, 0.25) is 0 Å². The molecule has 96 valence electrons. The molecule has 0 aliphatic carbocycles. The normalized spacial score (nSPS) is 22.2. The van der Waals surface area contributed by atoms with Crippen molar-refractivity contribution >= 4 is 11.7 Å². The number of carboxylic acids is 1. The molecule has 0 radical (unpaired) electrons. The van der Waals surface area contributed by atoms with E-state index in [1.807, 2.05) is 6.07 Å². The summed E-state index contributed by atoms with van der Waals surface area (Å²) in [6.45, 7) is 3.68. The summed E-state index contributed by atoms with van der Waals surface area (Å²) in [6, 6.07) is 5.45. The Morgan fingerprint density at radius 2 is 2.39 bits per heavy atom. The first-order valence-corrected chi connectivity index (χ1v) is 6.43. The van der Waals surface area contributed by atoms with Gasteiger partial charge in [0, 0.05) is 31.3 Å². The van der Waals surface area contributed by atoms with Crippen molar-refractivity contribution in [2.24, 2.45) is 5.92 Å². The minimum Gasteiger partial charge on any atom is -0.478 e. The summed E-state index contributed by atoms with van der Waals surface area (Å²) < 4.78 is 5.40. The zero-order valence-corrected chi connectivity index (χ0v) is 10.3. The van der Waals surface area contributed by atoms with Gasteiger partial charge in [0.1, 0.15) is 0 Å². The molecular formula is C14H17NO3. The number of ether oxygens (including phenoxy) is 1. The van der Waals surface area contributed by atoms with Crippen LogP contribution in [0.2, 0.25) is 0 Å². The summed E-state index contributed by atoms with van der Waals surface area (Å²) in [5, 5.41) is 9.05. The Kier molecular flexibility index (Phi) is 2.96. The average Bonchev–Trinajstić information content (AvgIpc) is 2.99. The molecule has 0 spiro atoms. The summed E-state index contributed by atoms with van der Waals surface area (Å²) in [5.41, 5.74) is 2.74. The zero-order chi connectivity index (χ0) is 12.5. The number of rotatable bonds is 3. The molecule has 2 aliphatic heterocycles. The van der Waals surface area contributed by atoms with Crippen LogP contribution >= 0.6 is 0 Å². The van der Waals surface area contributed by atoms with Crippen LogP contribution in [0.5, 0.6) is 0 Å². The Hall–Kier alpha value is -1.55. The highest BCUT2D eigenvalue weighted by molar-refractivity contribution is 5.89. The van der Waals surface area contributed by atoms with E-state index in [1.165, 1.54) is 5.56 Å². The molecule has 4 heteroatoms. The Morgan fingerprint density at radius 1 is 1.50 bits per heavy atom. The largest absolute Gasteiger partial charge is 0.478 e. The lowest BCUT2D eigenvalue weighted by Crippen LogP contribution is -2.28. The van der Waals surface area contributed by atoms with E-state index in [0.717, 1.165) is 44.8 Å². The monoisotopic (exact) mass is 247 g/mol. The number of carbonyl (C=O) groups is 1. The number of carboxylic acid groups (broad SMARTS) is 1. The van der Waals surface area contributed by atoms with Gasteiger partial charge in [0.15, 0.2) is 0 Å². The molecule has 1 atom stereocenters. The summed E-state index contributed by atoms with van der Waals surface area (Å²) in [4.78, 5) is 13.3. The van der Waals surface area contributed by atoms with Crippen LogP contribution in [-0.4, -0.2) is 37.4 Å². The maximum atomic E-state index is 11.0. The van der Waals surface area contributed by atoms with Crippen LogP contribution in [0.1, 0.15) is 22.3 Å². The lowest BCUT2D eigenvalue weighted by atomic mass is 10.1. The summed E-state index contributed by atoms with van der Waals surface area (Å²) in [7, 11) is 0. The first kappa shape index (κ1) is 11.5. The number of aromatic carboxylic acids is 1. The van der Waals surface area contributed by atoms with Crippen molar-refractivity contribution < 1.29 is 14.6 Å². The van der Waals surface area contributed by atoms with E-state index in [-0.39, 0.29) is 0 Å². The fraction of sp³-hybridized carbons (Fsp3) is 0.500. The van der Waals surface area contributed by atoms with Crippen LogP contribution in [0.3, 0.4) is 0 Å². The average molecular weight is 247 g/mol. The molecule has 1 saturated heterocycles. The van der Waals surface area contributed by atoms with E-state index in [1.54, 1.807) is 12.1 Å². The van der Waals surface area contributed by atoms with Crippen LogP contribution in [0, 0.1) is 5.92 Å². The third-order valence-electron chi connectivity index (χ3n) is 3.83. The predicted octanol–water partition coefficient (Wildman–Crippen LogP) is 1.78. The Bertz CT molecular complexity index is 466. The molecule has 2 aliphatic rings. The minimum absolute atomic E-state index is 0.378. The van der Waals surface area contributed by atoms with Gasteiger partial charge in [-0.1, -0.05) is 6.07 Å². The molecule has 1 aromatic rings. The first-order chi connectivity index (χ1) is 8.74. The molecule has 1 aromatic carbocycles. The van der Waals surface area contributed by atoms with E-state index < -0.39 is 5.97 Å². The van der Waals surface area contributed by atoms with Crippen molar-refractivity contribution in [1.82, 2.24) is 0 Å². The van der Waals surface area contributed by atoms with Gasteiger partial charge in [0.25, 0.3) is 0 Å². The highest BCUT2D eigenvalue weighted by Crippen LogP contribution is 2.30. The quantitative estimate of drug-likeness (QED) is 0.884. The molecule has 0 aromatic heterocycles. The molecule has 1 fully saturated rings. The number of hydrogen-bond acceptors (Lipinski definition) is 3. The van der Waals surface area contributed by atoms with Gasteiger partial charge in [0.05, 0.1) is 12.2 Å². The van der Waals surface area contributed by atoms with Gasteiger partial charge in [-0.2, -0.15) is 0 Å². The van der Waals surface area contributed by atoms with Crippen molar-refractivity contribution in [3.05, 3.63) is 29.3 Å². The van der Waals surface area contributed by atoms with Crippen LogP contribution in [0.25, 0.3) is 0 Å². The predicted molar refractivity (Wildman–Crippen MR) is 68.2 cm³/mol. The Morgan fingerprint density at radius 3 is 3.11 bits per heavy atom. The van der Waals surface area contributed by atoms with Crippen LogP contribution in [0.15, 0.2) is 18.2 Å². The third kappa shape index (κ3) is 2.08. The van der Waals surface area contributed by atoms with Crippen molar-refractivity contribution in [3.8, 4) is 0 Å². The van der Waals surface area contributed by atoms with Gasteiger partial charge in [-0.25, -0.2) is 4.79 Å². The number of fused-ring (bicyclic) bond motifs is 1. The van der Waals surface area contributed by atoms with Crippen LogP contribution in [-0.2, 0) is 11.2 Å². The van der Waals surface area contributed by atoms with Crippen molar-refractivity contribution in [3.63, 3.8) is 0 Å². The van der Waals surface area contributed by atoms with E-state index in [4.69, 9.17) is 9.84 Å². The molecule has 1 N–H and O–H groups in total. The smallest absolute Gasteiger partial charge is 0.335 e. The highest BCUT2D eigenvalue weighted by Gasteiger charge is 2.25. The van der Waals surface area contributed by atoms with E-state index in [9.17, 15) is 4.79 Å². The van der Waals surface area contributed by atoms with Crippen molar-refractivity contribution in [2.45, 2.75) is 12.8 Å². The topological polar surface area (TPSA) is 49.8 Å². The second-order valence-corrected chi connectivity index (χ2v) is 5.07. The SMILES string of the molecule is O=C(O)c1ccc2c(c1)N(CC1CCOC1)CC2. The standard InChI is InChI=1S/C14H17NO3/c16-14(17)12-2-1-11-3-5-15(13(11)7-12)8-10-4-6-18-9-10/h1-2,7,10H,3-6,8-9H2,(H,16,17). The number of anilines is 1. The molecule has 0 saturated carbocycles. The fourth-order valence-electron chi connectivity index (χ4n) is 2.81. The van der Waals surface area contributed by atoms with E-state index >= 15 is 0 Å². The maximum Gasteiger partial charge on any atom is 0.335 e. The molecular weight excluding hydrogens is 230 g/mol. The summed E-state index contributed by atoms with van der Waals surface area (Å²) >= 11 is 0. The molecule has 0 bridgehead atoms. The van der Waals surface area contributed by atoms with Gasteiger partial charge >= 0.3 is 5.97 Å². The molecule has 1 unspecified atom stereocenters. The lowest BCUT2D eigenvalue weighted by Gasteiger charge is -2.22. The van der Waals surface area contributed by atoms with Gasteiger partial charge in [-0.3, -0.25) is 0 Å². The van der Waals surface area contributed by atoms with Crippen LogP contribution in [0.4, 0.5) is 5.69 Å². The molecule has 4 nitrogen and oxygen atoms in total. The number of nitrogens with zero attached hydrogens (tertiary/aromatic N) is 1. The van der Waals surface area contributed by atoms with Gasteiger partial charge < -0.3 is 14.7 Å². The second kappa shape index (κ2) is 4.61. The van der Waals surface area contributed by atoms with Gasteiger partial charge in [-0.15, -0.1) is 0 Å². The summed E-state index contributed by atoms with van der Waals surface area (Å²) in [5.74, 6) is -0.265.